The predicted octanol–water partition coefficient (Wildman–Crippen LogP) is 6.76. The van der Waals surface area contributed by atoms with Gasteiger partial charge in [-0.1, -0.05) is 53.2 Å². The number of amides is 2. The number of rotatable bonds is 1. The van der Waals surface area contributed by atoms with E-state index in [-0.39, 0.29) is 62.7 Å². The first kappa shape index (κ1) is 28.4. The largest absolute Gasteiger partial charge is 0.332 e. The Hall–Kier alpha value is -2.42. The number of nitrogens with zero attached hydrogens (tertiary/aromatic N) is 2. The first-order valence-electron chi connectivity index (χ1n) is 16.7. The van der Waals surface area contributed by atoms with Crippen molar-refractivity contribution in [3.63, 3.8) is 0 Å². The lowest BCUT2D eigenvalue weighted by Crippen LogP contribution is -2.70. The number of urea groups is 1. The molecular weight excluding hydrogens is 522 g/mol. The van der Waals surface area contributed by atoms with Crippen LogP contribution in [0.2, 0.25) is 0 Å². The monoisotopic (exact) mass is 571 g/mol. The summed E-state index contributed by atoms with van der Waals surface area (Å²) in [4.78, 5) is 43.7. The molecule has 9 atom stereocenters. The van der Waals surface area contributed by atoms with E-state index in [4.69, 9.17) is 0 Å². The van der Waals surface area contributed by atoms with Gasteiger partial charge < -0.3 is 10.2 Å². The number of piperidine rings is 1. The fraction of sp³-hybridized carbons (Fsp3) is 0.778. The van der Waals surface area contributed by atoms with Crippen LogP contribution in [0, 0.1) is 62.1 Å². The van der Waals surface area contributed by atoms with Gasteiger partial charge >= 0.3 is 6.03 Å². The van der Waals surface area contributed by atoms with E-state index < -0.39 is 10.8 Å². The summed E-state index contributed by atoms with van der Waals surface area (Å²) in [5.74, 6) is 0.802. The van der Waals surface area contributed by atoms with Gasteiger partial charge in [0.05, 0.1) is 5.57 Å². The van der Waals surface area contributed by atoms with Crippen LogP contribution in [0.3, 0.4) is 0 Å². The highest BCUT2D eigenvalue weighted by atomic mass is 16.2. The van der Waals surface area contributed by atoms with Crippen molar-refractivity contribution in [3.05, 3.63) is 23.3 Å². The molecular formula is C36H49N3O3. The second-order valence-electron chi connectivity index (χ2n) is 17.0. The molecule has 42 heavy (non-hydrogen) atoms. The van der Waals surface area contributed by atoms with Crippen LogP contribution in [0.25, 0.3) is 0 Å². The first-order chi connectivity index (χ1) is 19.7. The molecule has 9 unspecified atom stereocenters. The van der Waals surface area contributed by atoms with E-state index in [0.717, 1.165) is 70.0 Å². The molecule has 1 saturated heterocycles. The number of hydrogen-bond acceptors (Lipinski definition) is 4. The molecule has 6 aliphatic carbocycles. The molecule has 0 radical (unpaired) electrons. The molecule has 0 aromatic carbocycles. The SMILES string of the molecule is CC12CC1CC1(NC(=O)N3CCCCC3)CCC3(C)C(C(=O)C=C4C5(C)C=C(C#N)C(=O)C(C)(C)C5CCC43C)C1C2. The topological polar surface area (TPSA) is 90.3 Å². The molecule has 0 spiro atoms. The molecule has 0 aromatic rings. The fourth-order valence-corrected chi connectivity index (χ4v) is 11.9. The first-order valence-corrected chi connectivity index (χ1v) is 16.7. The van der Waals surface area contributed by atoms with Crippen LogP contribution < -0.4 is 5.32 Å². The molecule has 7 rings (SSSR count). The number of hydrogen-bond donors (Lipinski definition) is 1. The lowest BCUT2D eigenvalue weighted by Gasteiger charge is -2.68. The summed E-state index contributed by atoms with van der Waals surface area (Å²) in [6.07, 6.45) is 14.1. The molecule has 7 aliphatic rings. The number of nitrogens with one attached hydrogen (secondary N) is 1. The molecule has 1 N–H and O–H groups in total. The Morgan fingerprint density at radius 3 is 2.38 bits per heavy atom. The summed E-state index contributed by atoms with van der Waals surface area (Å²) in [6.45, 7) is 15.0. The van der Waals surface area contributed by atoms with Crippen LogP contribution in [0.5, 0.6) is 0 Å². The summed E-state index contributed by atoms with van der Waals surface area (Å²) in [5, 5.41) is 13.6. The summed E-state index contributed by atoms with van der Waals surface area (Å²) >= 11 is 0. The van der Waals surface area contributed by atoms with Crippen LogP contribution >= 0.6 is 0 Å². The molecule has 1 heterocycles. The van der Waals surface area contributed by atoms with Gasteiger partial charge in [-0.15, -0.1) is 0 Å². The molecule has 6 heteroatoms. The summed E-state index contributed by atoms with van der Waals surface area (Å²) in [5.41, 5.74) is -0.329. The number of nitriles is 1. The van der Waals surface area contributed by atoms with Crippen molar-refractivity contribution in [2.75, 3.05) is 13.1 Å². The van der Waals surface area contributed by atoms with Crippen molar-refractivity contribution < 1.29 is 14.4 Å². The van der Waals surface area contributed by atoms with E-state index in [9.17, 15) is 19.6 Å². The highest BCUT2D eigenvalue weighted by Crippen LogP contribution is 2.76. The number of Topliss-reactive ketones (excluding diaryl/α,β-unsaturated/α-hetero) is 1. The third-order valence-corrected chi connectivity index (χ3v) is 14.7. The number of fused-ring (bicyclic) bond motifs is 8. The highest BCUT2D eigenvalue weighted by Gasteiger charge is 2.72. The maximum Gasteiger partial charge on any atom is 0.317 e. The summed E-state index contributed by atoms with van der Waals surface area (Å²) in [6, 6.07) is 2.29. The van der Waals surface area contributed by atoms with Crippen molar-refractivity contribution in [3.8, 4) is 6.07 Å². The van der Waals surface area contributed by atoms with Gasteiger partial charge in [-0.05, 0) is 104 Å². The zero-order valence-corrected chi connectivity index (χ0v) is 26.6. The Bertz CT molecular complexity index is 1380. The average Bonchev–Trinajstić information content (AvgIpc) is 3.60. The van der Waals surface area contributed by atoms with Gasteiger partial charge in [-0.25, -0.2) is 4.79 Å². The van der Waals surface area contributed by atoms with E-state index in [1.807, 2.05) is 30.9 Å². The van der Waals surface area contributed by atoms with Gasteiger partial charge in [0, 0.05) is 35.4 Å². The molecule has 2 amide bonds. The average molecular weight is 572 g/mol. The van der Waals surface area contributed by atoms with Crippen LogP contribution in [-0.4, -0.2) is 41.1 Å². The van der Waals surface area contributed by atoms with E-state index >= 15 is 0 Å². The van der Waals surface area contributed by atoms with Crippen molar-refractivity contribution in [1.29, 1.82) is 5.26 Å². The lowest BCUT2D eigenvalue weighted by molar-refractivity contribution is -0.158. The van der Waals surface area contributed by atoms with Gasteiger partial charge in [-0.3, -0.25) is 9.59 Å². The van der Waals surface area contributed by atoms with Crippen molar-refractivity contribution in [2.24, 2.45) is 50.7 Å². The summed E-state index contributed by atoms with van der Waals surface area (Å²) < 4.78 is 0. The second kappa shape index (κ2) is 8.60. The number of allylic oxidation sites excluding steroid dienone is 4. The minimum Gasteiger partial charge on any atom is -0.332 e. The zero-order chi connectivity index (χ0) is 30.1. The number of likely N-dealkylation sites (tertiary alicyclic amines) is 1. The number of ketones is 2. The lowest BCUT2D eigenvalue weighted by atomic mass is 9.35. The molecule has 226 valence electrons. The van der Waals surface area contributed by atoms with E-state index in [1.54, 1.807) is 0 Å². The molecule has 6 nitrogen and oxygen atoms in total. The number of carbonyl (C=O) groups is 3. The quantitative estimate of drug-likeness (QED) is 0.376. The Kier molecular flexibility index (Phi) is 5.81. The second-order valence-corrected chi connectivity index (χ2v) is 17.0. The molecule has 0 bridgehead atoms. The van der Waals surface area contributed by atoms with E-state index in [2.05, 4.69) is 39.1 Å². The van der Waals surface area contributed by atoms with Gasteiger partial charge in [0.15, 0.2) is 11.6 Å². The molecule has 5 fully saturated rings. The Labute approximate surface area is 251 Å². The van der Waals surface area contributed by atoms with Gasteiger partial charge in [-0.2, -0.15) is 5.26 Å². The van der Waals surface area contributed by atoms with E-state index in [1.165, 1.54) is 12.8 Å². The van der Waals surface area contributed by atoms with Gasteiger partial charge in [0.2, 0.25) is 0 Å². The molecule has 0 aromatic heterocycles. The third-order valence-electron chi connectivity index (χ3n) is 14.7. The summed E-state index contributed by atoms with van der Waals surface area (Å²) in [7, 11) is 0. The Balaban J connectivity index is 1.32. The molecule has 1 aliphatic heterocycles. The van der Waals surface area contributed by atoms with Crippen molar-refractivity contribution in [1.82, 2.24) is 10.2 Å². The fourth-order valence-electron chi connectivity index (χ4n) is 11.9. The zero-order valence-electron chi connectivity index (χ0n) is 26.6. The predicted molar refractivity (Wildman–Crippen MR) is 161 cm³/mol. The highest BCUT2D eigenvalue weighted by molar-refractivity contribution is 6.04. The maximum atomic E-state index is 14.7. The van der Waals surface area contributed by atoms with Crippen molar-refractivity contribution >= 4 is 17.6 Å². The standard InChI is InChI=1S/C36H49N3O3/c1-31(2)26-10-11-34(5)27(33(26,4)17-22(21-37)29(31)41)16-25(40)28-24-20-32(3)18-23(32)19-36(24,13-12-35(28,34)6)38-30(42)39-14-8-7-9-15-39/h16-17,23-24,26,28H,7-15,18-20H2,1-6H3,(H,38,42). The minimum atomic E-state index is -0.656. The smallest absolute Gasteiger partial charge is 0.317 e. The van der Waals surface area contributed by atoms with Gasteiger partial charge in [0.25, 0.3) is 0 Å². The van der Waals surface area contributed by atoms with Crippen LogP contribution in [0.1, 0.15) is 106 Å². The Morgan fingerprint density at radius 2 is 1.69 bits per heavy atom. The normalized spacial score (nSPS) is 48.6. The van der Waals surface area contributed by atoms with E-state index in [0.29, 0.717) is 5.92 Å². The number of carbonyl (C=O) groups excluding carboxylic acids is 3. The van der Waals surface area contributed by atoms with Crippen LogP contribution in [-0.2, 0) is 9.59 Å². The maximum absolute atomic E-state index is 14.7. The van der Waals surface area contributed by atoms with Crippen LogP contribution in [0.15, 0.2) is 23.3 Å². The van der Waals surface area contributed by atoms with Crippen LogP contribution in [0.4, 0.5) is 4.79 Å². The van der Waals surface area contributed by atoms with Crippen molar-refractivity contribution in [2.45, 2.75) is 111 Å². The minimum absolute atomic E-state index is 0.0502. The Morgan fingerprint density at radius 1 is 0.976 bits per heavy atom. The van der Waals surface area contributed by atoms with Gasteiger partial charge in [0.1, 0.15) is 6.07 Å². The molecule has 4 saturated carbocycles. The third kappa shape index (κ3) is 3.46.